The highest BCUT2D eigenvalue weighted by atomic mass is 31.2. The van der Waals surface area contributed by atoms with Crippen LogP contribution in [0.25, 0.3) is 0 Å². The van der Waals surface area contributed by atoms with Gasteiger partial charge in [-0.05, 0) is 64.2 Å². The van der Waals surface area contributed by atoms with Gasteiger partial charge in [-0.3, -0.25) is 23.4 Å². The molecule has 12 heteroatoms. The van der Waals surface area contributed by atoms with Crippen molar-refractivity contribution in [3.63, 3.8) is 0 Å². The number of phosphoric acid groups is 1. The van der Waals surface area contributed by atoms with Crippen molar-refractivity contribution in [3.8, 4) is 0 Å². The van der Waals surface area contributed by atoms with E-state index in [1.54, 1.807) is 0 Å². The van der Waals surface area contributed by atoms with Crippen LogP contribution in [0.1, 0.15) is 316 Å². The van der Waals surface area contributed by atoms with Crippen LogP contribution in [-0.4, -0.2) is 66.5 Å². The van der Waals surface area contributed by atoms with Crippen LogP contribution in [0, 0.1) is 0 Å². The van der Waals surface area contributed by atoms with Gasteiger partial charge in [0.25, 0.3) is 0 Å². The molecular weight excluding hydrogens is 952 g/mol. The maximum atomic E-state index is 12.9. The van der Waals surface area contributed by atoms with E-state index < -0.39 is 57.8 Å². The first-order chi connectivity index (χ1) is 36.2. The molecule has 0 heterocycles. The van der Waals surface area contributed by atoms with Crippen LogP contribution in [0.15, 0.2) is 24.3 Å². The van der Waals surface area contributed by atoms with Gasteiger partial charge in [-0.15, -0.1) is 0 Å². The Kier molecular flexibility index (Phi) is 55.6. The SMILES string of the molecule is CCCC/C=C\CCCCCCCC(=O)OC(CO)COP(=O)(O)OCC(COC(=O)CCCCCCCCCCCCCCCCCCC)OC(=O)CCCCCCCCCCC/C=C\CCCCCCCC. The third-order valence-electron chi connectivity index (χ3n) is 13.8. The lowest BCUT2D eigenvalue weighted by atomic mass is 10.0. The molecule has 2 N–H and O–H groups in total. The number of aliphatic hydroxyl groups is 1. The molecule has 0 aromatic heterocycles. The first kappa shape index (κ1) is 72.0. The van der Waals surface area contributed by atoms with Crippen molar-refractivity contribution in [2.45, 2.75) is 328 Å². The van der Waals surface area contributed by atoms with Crippen molar-refractivity contribution in [2.24, 2.45) is 0 Å². The fourth-order valence-electron chi connectivity index (χ4n) is 9.04. The van der Waals surface area contributed by atoms with Gasteiger partial charge in [-0.2, -0.15) is 0 Å². The smallest absolute Gasteiger partial charge is 0.462 e. The monoisotopic (exact) mass is 1070 g/mol. The Morgan fingerprint density at radius 2 is 0.635 bits per heavy atom. The number of phosphoric ester groups is 1. The highest BCUT2D eigenvalue weighted by Crippen LogP contribution is 2.43. The topological polar surface area (TPSA) is 155 Å². The Labute approximate surface area is 455 Å². The van der Waals surface area contributed by atoms with Crippen LogP contribution in [0.4, 0.5) is 0 Å². The number of hydrogen-bond donors (Lipinski definition) is 2. The second-order valence-corrected chi connectivity index (χ2v) is 22.7. The maximum absolute atomic E-state index is 12.9. The minimum atomic E-state index is -4.74. The highest BCUT2D eigenvalue weighted by molar-refractivity contribution is 7.47. The molecule has 74 heavy (non-hydrogen) atoms. The van der Waals surface area contributed by atoms with Gasteiger partial charge < -0.3 is 24.2 Å². The minimum absolute atomic E-state index is 0.170. The van der Waals surface area contributed by atoms with Gasteiger partial charge >= 0.3 is 25.7 Å². The molecule has 3 unspecified atom stereocenters. The number of esters is 3. The molecule has 11 nitrogen and oxygen atoms in total. The van der Waals surface area contributed by atoms with E-state index in [1.807, 2.05) is 0 Å². The van der Waals surface area contributed by atoms with Crippen LogP contribution < -0.4 is 0 Å². The highest BCUT2D eigenvalue weighted by Gasteiger charge is 2.28. The van der Waals surface area contributed by atoms with Crippen LogP contribution in [0.2, 0.25) is 0 Å². The van der Waals surface area contributed by atoms with Crippen molar-refractivity contribution in [1.82, 2.24) is 0 Å². The number of rotatable bonds is 59. The summed E-state index contributed by atoms with van der Waals surface area (Å²) in [5.74, 6) is -1.45. The van der Waals surface area contributed by atoms with E-state index in [2.05, 4.69) is 45.1 Å². The molecule has 0 aromatic rings. The van der Waals surface area contributed by atoms with Gasteiger partial charge in [0.2, 0.25) is 0 Å². The number of unbranched alkanes of at least 4 members (excludes halogenated alkanes) is 38. The molecule has 0 aliphatic rings. The molecule has 0 aromatic carbocycles. The zero-order valence-electron chi connectivity index (χ0n) is 48.3. The van der Waals surface area contributed by atoms with Crippen LogP contribution >= 0.6 is 7.82 Å². The molecule has 0 aliphatic heterocycles. The van der Waals surface area contributed by atoms with E-state index in [0.717, 1.165) is 77.0 Å². The summed E-state index contributed by atoms with van der Waals surface area (Å²) >= 11 is 0. The van der Waals surface area contributed by atoms with Gasteiger partial charge in [0.05, 0.1) is 19.8 Å². The molecule has 0 bridgehead atoms. The fraction of sp³-hybridized carbons (Fsp3) is 0.887. The summed E-state index contributed by atoms with van der Waals surface area (Å²) in [7, 11) is -4.74. The average molecular weight is 1070 g/mol. The molecule has 0 rings (SSSR count). The maximum Gasteiger partial charge on any atom is 0.472 e. The summed E-state index contributed by atoms with van der Waals surface area (Å²) in [6, 6.07) is 0. The lowest BCUT2D eigenvalue weighted by Crippen LogP contribution is -2.30. The molecule has 3 atom stereocenters. The first-order valence-corrected chi connectivity index (χ1v) is 32.7. The van der Waals surface area contributed by atoms with Crippen LogP contribution in [-0.2, 0) is 42.2 Å². The third-order valence-corrected chi connectivity index (χ3v) is 14.8. The third kappa shape index (κ3) is 54.7. The number of allylic oxidation sites excluding steroid dienone is 4. The van der Waals surface area contributed by atoms with E-state index in [4.69, 9.17) is 23.3 Å². The van der Waals surface area contributed by atoms with Gasteiger partial charge in [-0.25, -0.2) is 4.57 Å². The molecular formula is C62H117O11P. The molecule has 0 amide bonds. The van der Waals surface area contributed by atoms with Crippen molar-refractivity contribution < 1.29 is 52.2 Å². The predicted octanol–water partition coefficient (Wildman–Crippen LogP) is 18.6. The Bertz CT molecular complexity index is 1340. The summed E-state index contributed by atoms with van der Waals surface area (Å²) in [6.07, 6.45) is 58.5. The summed E-state index contributed by atoms with van der Waals surface area (Å²) in [4.78, 5) is 48.6. The minimum Gasteiger partial charge on any atom is -0.462 e. The van der Waals surface area contributed by atoms with Crippen molar-refractivity contribution in [1.29, 1.82) is 0 Å². The van der Waals surface area contributed by atoms with Crippen molar-refractivity contribution in [2.75, 3.05) is 26.4 Å². The Balaban J connectivity index is 4.66. The zero-order valence-corrected chi connectivity index (χ0v) is 49.2. The normalized spacial score (nSPS) is 13.4. The van der Waals surface area contributed by atoms with Gasteiger partial charge in [0.15, 0.2) is 6.10 Å². The lowest BCUT2D eigenvalue weighted by molar-refractivity contribution is -0.161. The molecule has 0 spiro atoms. The Hall–Kier alpha value is -2.04. The fourth-order valence-corrected chi connectivity index (χ4v) is 9.82. The largest absolute Gasteiger partial charge is 0.472 e. The Morgan fingerprint density at radius 1 is 0.365 bits per heavy atom. The molecule has 0 saturated heterocycles. The van der Waals surface area contributed by atoms with Crippen LogP contribution in [0.3, 0.4) is 0 Å². The molecule has 0 saturated carbocycles. The number of aliphatic hydroxyl groups excluding tert-OH is 1. The number of ether oxygens (including phenoxy) is 3. The van der Waals surface area contributed by atoms with Gasteiger partial charge in [-0.1, -0.05) is 257 Å². The van der Waals surface area contributed by atoms with Gasteiger partial charge in [0, 0.05) is 19.3 Å². The Morgan fingerprint density at radius 3 is 0.973 bits per heavy atom. The second kappa shape index (κ2) is 57.1. The molecule has 0 fully saturated rings. The number of carbonyl (C=O) groups excluding carboxylic acids is 3. The average Bonchev–Trinajstić information content (AvgIpc) is 3.39. The van der Waals surface area contributed by atoms with Gasteiger partial charge in [0.1, 0.15) is 12.7 Å². The number of carbonyl (C=O) groups is 3. The van der Waals surface area contributed by atoms with E-state index in [0.29, 0.717) is 19.3 Å². The standard InChI is InChI=1S/C62H117O11P/c1-4-7-10-13-16-19-22-24-26-28-29-31-33-35-38-41-44-47-50-53-62(66)73-59(55-69-60(64)51-48-45-42-39-37-34-32-30-27-25-23-20-17-14-11-8-5-2)57-71-74(67,68)70-56-58(54-63)72-61(65)52-49-46-43-40-36-21-18-15-12-9-6-3/h15,18,24,26,58-59,63H,4-14,16-17,19-23,25,27-57H2,1-3H3,(H,67,68)/b18-15-,26-24-. The van der Waals surface area contributed by atoms with E-state index in [9.17, 15) is 28.9 Å². The molecule has 0 aliphatic carbocycles. The molecule has 436 valence electrons. The zero-order chi connectivity index (χ0) is 54.1. The number of hydrogen-bond acceptors (Lipinski definition) is 10. The predicted molar refractivity (Wildman–Crippen MR) is 307 cm³/mol. The summed E-state index contributed by atoms with van der Waals surface area (Å²) in [5.41, 5.74) is 0. The summed E-state index contributed by atoms with van der Waals surface area (Å²) in [6.45, 7) is 4.65. The summed E-state index contributed by atoms with van der Waals surface area (Å²) < 4.78 is 39.6. The van der Waals surface area contributed by atoms with E-state index in [1.165, 1.54) is 180 Å². The molecule has 0 radical (unpaired) electrons. The second-order valence-electron chi connectivity index (χ2n) is 21.2. The first-order valence-electron chi connectivity index (χ1n) is 31.2. The van der Waals surface area contributed by atoms with Crippen molar-refractivity contribution >= 4 is 25.7 Å². The quantitative estimate of drug-likeness (QED) is 0.0197. The van der Waals surface area contributed by atoms with E-state index >= 15 is 0 Å². The summed E-state index contributed by atoms with van der Waals surface area (Å²) in [5, 5.41) is 9.81. The lowest BCUT2D eigenvalue weighted by Gasteiger charge is -2.21. The van der Waals surface area contributed by atoms with Crippen molar-refractivity contribution in [3.05, 3.63) is 24.3 Å². The van der Waals surface area contributed by atoms with Crippen LogP contribution in [0.5, 0.6) is 0 Å². The van der Waals surface area contributed by atoms with E-state index in [-0.39, 0.29) is 25.9 Å².